The van der Waals surface area contributed by atoms with E-state index in [1.165, 1.54) is 11.0 Å². The Morgan fingerprint density at radius 1 is 1.48 bits per heavy atom. The number of hydrogen-bond donors (Lipinski definition) is 2. The maximum absolute atomic E-state index is 12.4. The lowest BCUT2D eigenvalue weighted by molar-refractivity contribution is -0.383. The monoisotopic (exact) mass is 320 g/mol. The SMILES string of the molecule is CC(C)C1C(=O)NCCN1C(=O)CNc1ccccc1[N+](=O)[O-]. The first-order valence-corrected chi connectivity index (χ1v) is 7.46. The summed E-state index contributed by atoms with van der Waals surface area (Å²) in [4.78, 5) is 36.4. The molecule has 23 heavy (non-hydrogen) atoms. The smallest absolute Gasteiger partial charge is 0.292 e. The number of nitro benzene ring substituents is 1. The molecule has 124 valence electrons. The molecule has 1 heterocycles. The first-order valence-electron chi connectivity index (χ1n) is 7.46. The Morgan fingerprint density at radius 2 is 2.17 bits per heavy atom. The summed E-state index contributed by atoms with van der Waals surface area (Å²) in [6.07, 6.45) is 0. The fraction of sp³-hybridized carbons (Fsp3) is 0.467. The van der Waals surface area contributed by atoms with Crippen molar-refractivity contribution in [1.29, 1.82) is 0 Å². The van der Waals surface area contributed by atoms with Gasteiger partial charge in [-0.1, -0.05) is 26.0 Å². The molecule has 0 saturated carbocycles. The van der Waals surface area contributed by atoms with Crippen LogP contribution >= 0.6 is 0 Å². The number of para-hydroxylation sites is 2. The molecule has 1 saturated heterocycles. The van der Waals surface area contributed by atoms with E-state index in [1.54, 1.807) is 18.2 Å². The Kier molecular flexibility index (Phi) is 5.15. The summed E-state index contributed by atoms with van der Waals surface area (Å²) in [6.45, 7) is 4.52. The molecule has 1 aromatic carbocycles. The molecule has 2 rings (SSSR count). The Morgan fingerprint density at radius 3 is 2.83 bits per heavy atom. The van der Waals surface area contributed by atoms with Crippen LogP contribution in [0, 0.1) is 16.0 Å². The van der Waals surface area contributed by atoms with E-state index in [4.69, 9.17) is 0 Å². The molecule has 1 unspecified atom stereocenters. The fourth-order valence-electron chi connectivity index (χ4n) is 2.68. The summed E-state index contributed by atoms with van der Waals surface area (Å²) in [7, 11) is 0. The minimum atomic E-state index is -0.510. The van der Waals surface area contributed by atoms with E-state index in [9.17, 15) is 19.7 Å². The molecule has 0 bridgehead atoms. The summed E-state index contributed by atoms with van der Waals surface area (Å²) in [5, 5.41) is 16.5. The molecular weight excluding hydrogens is 300 g/mol. The van der Waals surface area contributed by atoms with Gasteiger partial charge in [0, 0.05) is 19.2 Å². The number of hydrogen-bond acceptors (Lipinski definition) is 5. The molecule has 0 aromatic heterocycles. The summed E-state index contributed by atoms with van der Waals surface area (Å²) in [6, 6.07) is 5.63. The third-order valence-electron chi connectivity index (χ3n) is 3.74. The quantitative estimate of drug-likeness (QED) is 0.622. The Labute approximate surface area is 134 Å². The van der Waals surface area contributed by atoms with Crippen LogP contribution in [0.3, 0.4) is 0 Å². The van der Waals surface area contributed by atoms with Gasteiger partial charge in [0.05, 0.1) is 11.5 Å². The fourth-order valence-corrected chi connectivity index (χ4v) is 2.68. The van der Waals surface area contributed by atoms with Crippen LogP contribution in [0.1, 0.15) is 13.8 Å². The standard InChI is InChI=1S/C15H20N4O4/c1-10(2)14-15(21)16-7-8-18(14)13(20)9-17-11-5-3-4-6-12(11)19(22)23/h3-6,10,14,17H,7-9H2,1-2H3,(H,16,21). The topological polar surface area (TPSA) is 105 Å². The molecular formula is C15H20N4O4. The second kappa shape index (κ2) is 7.08. The van der Waals surface area contributed by atoms with Crippen molar-refractivity contribution in [2.45, 2.75) is 19.9 Å². The van der Waals surface area contributed by atoms with E-state index >= 15 is 0 Å². The first kappa shape index (κ1) is 16.7. The number of rotatable bonds is 5. The average molecular weight is 320 g/mol. The summed E-state index contributed by atoms with van der Waals surface area (Å²) in [5.74, 6) is -0.424. The van der Waals surface area contributed by atoms with Crippen molar-refractivity contribution in [3.63, 3.8) is 0 Å². The van der Waals surface area contributed by atoms with Gasteiger partial charge < -0.3 is 15.5 Å². The third-order valence-corrected chi connectivity index (χ3v) is 3.74. The van der Waals surface area contributed by atoms with Crippen molar-refractivity contribution in [2.75, 3.05) is 25.0 Å². The van der Waals surface area contributed by atoms with Crippen LogP contribution in [-0.4, -0.2) is 47.3 Å². The van der Waals surface area contributed by atoms with Crippen molar-refractivity contribution in [3.8, 4) is 0 Å². The van der Waals surface area contributed by atoms with Crippen molar-refractivity contribution in [1.82, 2.24) is 10.2 Å². The van der Waals surface area contributed by atoms with Gasteiger partial charge in [-0.05, 0) is 12.0 Å². The van der Waals surface area contributed by atoms with Gasteiger partial charge in [0.25, 0.3) is 5.69 Å². The number of nitrogens with one attached hydrogen (secondary N) is 2. The van der Waals surface area contributed by atoms with Crippen LogP contribution < -0.4 is 10.6 Å². The highest BCUT2D eigenvalue weighted by molar-refractivity contribution is 5.90. The van der Waals surface area contributed by atoms with Crippen LogP contribution in [0.5, 0.6) is 0 Å². The van der Waals surface area contributed by atoms with Crippen LogP contribution in [0.4, 0.5) is 11.4 Å². The Bertz CT molecular complexity index is 617. The minimum absolute atomic E-state index is 0.00897. The molecule has 1 atom stereocenters. The normalized spacial score (nSPS) is 17.8. The highest BCUT2D eigenvalue weighted by Crippen LogP contribution is 2.23. The summed E-state index contributed by atoms with van der Waals surface area (Å²) < 4.78 is 0. The number of carbonyl (C=O) groups excluding carboxylic acids is 2. The molecule has 8 nitrogen and oxygen atoms in total. The van der Waals surface area contributed by atoms with E-state index in [0.717, 1.165) is 0 Å². The Balaban J connectivity index is 2.07. The molecule has 1 aliphatic rings. The van der Waals surface area contributed by atoms with Gasteiger partial charge in [-0.3, -0.25) is 19.7 Å². The van der Waals surface area contributed by atoms with Crippen LogP contribution in [0.25, 0.3) is 0 Å². The van der Waals surface area contributed by atoms with Crippen molar-refractivity contribution in [2.24, 2.45) is 5.92 Å². The molecule has 1 aromatic rings. The van der Waals surface area contributed by atoms with E-state index in [-0.39, 0.29) is 35.7 Å². The highest BCUT2D eigenvalue weighted by atomic mass is 16.6. The van der Waals surface area contributed by atoms with Gasteiger partial charge in [0.1, 0.15) is 11.7 Å². The number of amides is 2. The van der Waals surface area contributed by atoms with Gasteiger partial charge in [0.15, 0.2) is 0 Å². The lowest BCUT2D eigenvalue weighted by atomic mass is 9.99. The zero-order chi connectivity index (χ0) is 17.0. The molecule has 1 aliphatic heterocycles. The predicted octanol–water partition coefficient (Wildman–Crippen LogP) is 0.990. The molecule has 0 radical (unpaired) electrons. The first-order chi connectivity index (χ1) is 10.9. The van der Waals surface area contributed by atoms with Crippen LogP contribution in [0.15, 0.2) is 24.3 Å². The van der Waals surface area contributed by atoms with E-state index in [1.807, 2.05) is 13.8 Å². The van der Waals surface area contributed by atoms with Crippen LogP contribution in [-0.2, 0) is 9.59 Å². The number of piperazine rings is 1. The van der Waals surface area contributed by atoms with Crippen molar-refractivity contribution in [3.05, 3.63) is 34.4 Å². The number of nitrogens with zero attached hydrogens (tertiary/aromatic N) is 2. The highest BCUT2D eigenvalue weighted by Gasteiger charge is 2.34. The maximum atomic E-state index is 12.4. The molecule has 0 aliphatic carbocycles. The van der Waals surface area contributed by atoms with Gasteiger partial charge in [-0.2, -0.15) is 0 Å². The second-order valence-electron chi connectivity index (χ2n) is 5.69. The largest absolute Gasteiger partial charge is 0.371 e. The lowest BCUT2D eigenvalue weighted by Crippen LogP contribution is -2.60. The van der Waals surface area contributed by atoms with Gasteiger partial charge in [-0.15, -0.1) is 0 Å². The minimum Gasteiger partial charge on any atom is -0.371 e. The third kappa shape index (κ3) is 3.77. The Hall–Kier alpha value is -2.64. The number of benzene rings is 1. The summed E-state index contributed by atoms with van der Waals surface area (Å²) in [5.41, 5.74) is 0.200. The van der Waals surface area contributed by atoms with E-state index in [2.05, 4.69) is 10.6 Å². The van der Waals surface area contributed by atoms with E-state index < -0.39 is 11.0 Å². The van der Waals surface area contributed by atoms with Gasteiger partial charge in [-0.25, -0.2) is 0 Å². The number of anilines is 1. The molecule has 2 N–H and O–H groups in total. The van der Waals surface area contributed by atoms with Crippen LogP contribution in [0.2, 0.25) is 0 Å². The van der Waals surface area contributed by atoms with Crippen molar-refractivity contribution < 1.29 is 14.5 Å². The molecule has 0 spiro atoms. The molecule has 1 fully saturated rings. The predicted molar refractivity (Wildman–Crippen MR) is 84.9 cm³/mol. The number of carbonyl (C=O) groups is 2. The van der Waals surface area contributed by atoms with Gasteiger partial charge in [0.2, 0.25) is 11.8 Å². The molecule has 8 heteroatoms. The number of nitro groups is 1. The summed E-state index contributed by atoms with van der Waals surface area (Å²) >= 11 is 0. The van der Waals surface area contributed by atoms with E-state index in [0.29, 0.717) is 13.1 Å². The van der Waals surface area contributed by atoms with Crippen molar-refractivity contribution >= 4 is 23.2 Å². The van der Waals surface area contributed by atoms with Gasteiger partial charge >= 0.3 is 0 Å². The molecule has 2 amide bonds. The lowest BCUT2D eigenvalue weighted by Gasteiger charge is -2.37. The second-order valence-corrected chi connectivity index (χ2v) is 5.69. The zero-order valence-corrected chi connectivity index (χ0v) is 13.1. The maximum Gasteiger partial charge on any atom is 0.292 e. The zero-order valence-electron chi connectivity index (χ0n) is 13.1. The average Bonchev–Trinajstić information content (AvgIpc) is 2.52.